The molecule has 2 aromatic rings. The van der Waals surface area contributed by atoms with Crippen molar-refractivity contribution in [3.8, 4) is 0 Å². The molecule has 1 aliphatic heterocycles. The summed E-state index contributed by atoms with van der Waals surface area (Å²) in [6.45, 7) is 1.73. The van der Waals surface area contributed by atoms with Crippen molar-refractivity contribution in [2.45, 2.75) is 31.7 Å². The Bertz CT molecular complexity index is 940. The molecule has 4 rings (SSSR count). The van der Waals surface area contributed by atoms with Gasteiger partial charge >= 0.3 is 6.03 Å². The normalized spacial score (nSPS) is 20.7. The first kappa shape index (κ1) is 17.3. The Kier molecular flexibility index (Phi) is 4.18. The Morgan fingerprint density at radius 2 is 2.00 bits per heavy atom. The largest absolute Gasteiger partial charge is 0.325 e. The molecule has 1 aliphatic carbocycles. The minimum atomic E-state index is -1.03. The predicted octanol–water partition coefficient (Wildman–Crippen LogP) is 2.58. The lowest BCUT2D eigenvalue weighted by molar-refractivity contribution is -0.134. The minimum Gasteiger partial charge on any atom is -0.325 e. The average molecular weight is 363 g/mol. The van der Waals surface area contributed by atoms with E-state index in [0.29, 0.717) is 12.1 Å². The smallest absolute Gasteiger partial charge is 0.325 e. The number of nitrogens with zero attached hydrogens (tertiary/aromatic N) is 1. The Morgan fingerprint density at radius 3 is 2.81 bits per heavy atom. The summed E-state index contributed by atoms with van der Waals surface area (Å²) in [6, 6.07) is 14.6. The number of nitrogens with one attached hydrogen (secondary N) is 2. The van der Waals surface area contributed by atoms with Crippen LogP contribution in [0, 0.1) is 0 Å². The monoisotopic (exact) mass is 363 g/mol. The van der Waals surface area contributed by atoms with E-state index < -0.39 is 17.5 Å². The van der Waals surface area contributed by atoms with E-state index in [9.17, 15) is 14.4 Å². The van der Waals surface area contributed by atoms with Crippen LogP contribution in [0.4, 0.5) is 10.5 Å². The lowest BCUT2D eigenvalue weighted by Crippen LogP contribution is -2.43. The van der Waals surface area contributed by atoms with Crippen LogP contribution in [0.25, 0.3) is 0 Å². The van der Waals surface area contributed by atoms with E-state index in [1.54, 1.807) is 6.07 Å². The third-order valence-electron chi connectivity index (χ3n) is 5.34. The zero-order chi connectivity index (χ0) is 19.0. The number of benzene rings is 2. The van der Waals surface area contributed by atoms with Crippen molar-refractivity contribution in [1.29, 1.82) is 0 Å². The van der Waals surface area contributed by atoms with E-state index in [2.05, 4.69) is 10.6 Å². The van der Waals surface area contributed by atoms with Crippen LogP contribution in [-0.4, -0.2) is 29.3 Å². The van der Waals surface area contributed by atoms with Gasteiger partial charge in [0.05, 0.1) is 0 Å². The topological polar surface area (TPSA) is 78.5 Å². The second kappa shape index (κ2) is 6.54. The van der Waals surface area contributed by atoms with Crippen LogP contribution >= 0.6 is 0 Å². The quantitative estimate of drug-likeness (QED) is 0.820. The molecule has 0 saturated carbocycles. The minimum absolute atomic E-state index is 0.301. The van der Waals surface area contributed by atoms with Crippen LogP contribution in [0.2, 0.25) is 0 Å². The summed E-state index contributed by atoms with van der Waals surface area (Å²) >= 11 is 0. The summed E-state index contributed by atoms with van der Waals surface area (Å²) in [6.07, 6.45) is 2.11. The van der Waals surface area contributed by atoms with Crippen molar-refractivity contribution >= 4 is 23.5 Å². The van der Waals surface area contributed by atoms with Gasteiger partial charge in [-0.2, -0.15) is 0 Å². The lowest BCUT2D eigenvalue weighted by atomic mass is 9.92. The number of rotatable bonds is 4. The van der Waals surface area contributed by atoms with Crippen molar-refractivity contribution in [3.05, 3.63) is 65.2 Å². The van der Waals surface area contributed by atoms with Gasteiger partial charge in [0, 0.05) is 5.69 Å². The van der Waals surface area contributed by atoms with E-state index in [0.717, 1.165) is 34.4 Å². The maximum Gasteiger partial charge on any atom is 0.325 e. The fourth-order valence-electron chi connectivity index (χ4n) is 3.95. The summed E-state index contributed by atoms with van der Waals surface area (Å²) in [5.74, 6) is -0.745. The summed E-state index contributed by atoms with van der Waals surface area (Å²) in [7, 11) is 0. The van der Waals surface area contributed by atoms with Gasteiger partial charge in [-0.15, -0.1) is 0 Å². The standard InChI is InChI=1S/C21H21N3O3/c1-2-14-6-5-8-16(12-14)22-18(25)13-24-19(26)21(23-20(24)27)11-10-15-7-3-4-9-17(15)21/h3-9,12H,2,10-11,13H2,1H3,(H,22,25)(H,23,27). The highest BCUT2D eigenvalue weighted by Crippen LogP contribution is 2.41. The third kappa shape index (κ3) is 2.87. The number of anilines is 1. The van der Waals surface area contributed by atoms with Gasteiger partial charge in [-0.05, 0) is 48.1 Å². The molecular weight excluding hydrogens is 342 g/mol. The number of carbonyl (C=O) groups excluding carboxylic acids is 3. The summed E-state index contributed by atoms with van der Waals surface area (Å²) < 4.78 is 0. The fraction of sp³-hybridized carbons (Fsp3) is 0.286. The van der Waals surface area contributed by atoms with E-state index in [1.165, 1.54) is 0 Å². The highest BCUT2D eigenvalue weighted by molar-refractivity contribution is 6.10. The molecule has 0 aromatic heterocycles. The number of imide groups is 1. The Morgan fingerprint density at radius 1 is 1.19 bits per heavy atom. The molecule has 1 heterocycles. The highest BCUT2D eigenvalue weighted by Gasteiger charge is 2.55. The first-order valence-corrected chi connectivity index (χ1v) is 9.15. The maximum absolute atomic E-state index is 13.1. The Hall–Kier alpha value is -3.15. The molecule has 6 heteroatoms. The predicted molar refractivity (Wildman–Crippen MR) is 101 cm³/mol. The molecule has 1 saturated heterocycles. The van der Waals surface area contributed by atoms with Crippen molar-refractivity contribution in [3.63, 3.8) is 0 Å². The van der Waals surface area contributed by atoms with Crippen molar-refractivity contribution < 1.29 is 14.4 Å². The SMILES string of the molecule is CCc1cccc(NC(=O)CN2C(=O)NC3(CCc4ccccc43)C2=O)c1. The molecular formula is C21H21N3O3. The van der Waals surface area contributed by atoms with Crippen molar-refractivity contribution in [2.75, 3.05) is 11.9 Å². The van der Waals surface area contributed by atoms with Gasteiger partial charge in [-0.1, -0.05) is 43.3 Å². The van der Waals surface area contributed by atoms with Crippen LogP contribution in [0.15, 0.2) is 48.5 Å². The van der Waals surface area contributed by atoms with Gasteiger partial charge in [0.2, 0.25) is 5.91 Å². The summed E-state index contributed by atoms with van der Waals surface area (Å²) in [5.41, 5.74) is 2.63. The zero-order valence-corrected chi connectivity index (χ0v) is 15.1. The van der Waals surface area contributed by atoms with Crippen LogP contribution in [0.1, 0.15) is 30.0 Å². The molecule has 4 amide bonds. The highest BCUT2D eigenvalue weighted by atomic mass is 16.2. The second-order valence-corrected chi connectivity index (χ2v) is 6.99. The molecule has 0 bridgehead atoms. The third-order valence-corrected chi connectivity index (χ3v) is 5.34. The Balaban J connectivity index is 1.51. The van der Waals surface area contributed by atoms with E-state index in [1.807, 2.05) is 49.4 Å². The lowest BCUT2D eigenvalue weighted by Gasteiger charge is -2.22. The fourth-order valence-corrected chi connectivity index (χ4v) is 3.95. The van der Waals surface area contributed by atoms with Crippen LogP contribution < -0.4 is 10.6 Å². The first-order valence-electron chi connectivity index (χ1n) is 9.15. The van der Waals surface area contributed by atoms with Crippen molar-refractivity contribution in [2.24, 2.45) is 0 Å². The van der Waals surface area contributed by atoms with Gasteiger partial charge in [-0.25, -0.2) is 4.79 Å². The number of fused-ring (bicyclic) bond motifs is 2. The maximum atomic E-state index is 13.1. The zero-order valence-electron chi connectivity index (χ0n) is 15.1. The molecule has 138 valence electrons. The molecule has 1 atom stereocenters. The molecule has 1 unspecified atom stereocenters. The molecule has 2 aromatic carbocycles. The van der Waals surface area contributed by atoms with Gasteiger partial charge in [0.25, 0.3) is 5.91 Å². The Labute approximate surface area is 157 Å². The number of aryl methyl sites for hydroxylation is 2. The van der Waals surface area contributed by atoms with E-state index >= 15 is 0 Å². The number of urea groups is 1. The number of hydrogen-bond acceptors (Lipinski definition) is 3. The molecule has 2 N–H and O–H groups in total. The molecule has 2 aliphatic rings. The number of amides is 4. The van der Waals surface area contributed by atoms with Gasteiger partial charge in [0.1, 0.15) is 12.1 Å². The van der Waals surface area contributed by atoms with Gasteiger partial charge in [0.15, 0.2) is 0 Å². The van der Waals surface area contributed by atoms with E-state index in [-0.39, 0.29) is 12.5 Å². The van der Waals surface area contributed by atoms with Gasteiger partial charge in [-0.3, -0.25) is 14.5 Å². The number of hydrogen-bond donors (Lipinski definition) is 2. The van der Waals surface area contributed by atoms with Gasteiger partial charge < -0.3 is 10.6 Å². The molecule has 27 heavy (non-hydrogen) atoms. The van der Waals surface area contributed by atoms with Crippen LogP contribution in [0.3, 0.4) is 0 Å². The van der Waals surface area contributed by atoms with Crippen LogP contribution in [-0.2, 0) is 28.0 Å². The molecule has 0 radical (unpaired) electrons. The average Bonchev–Trinajstić information content (AvgIpc) is 3.15. The number of carbonyl (C=O) groups is 3. The van der Waals surface area contributed by atoms with E-state index in [4.69, 9.17) is 0 Å². The molecule has 1 spiro atoms. The van der Waals surface area contributed by atoms with Crippen molar-refractivity contribution in [1.82, 2.24) is 10.2 Å². The molecule has 1 fully saturated rings. The summed E-state index contributed by atoms with van der Waals surface area (Å²) in [5, 5.41) is 5.60. The second-order valence-electron chi connectivity index (χ2n) is 6.99. The van der Waals surface area contributed by atoms with Crippen LogP contribution in [0.5, 0.6) is 0 Å². The molecule has 6 nitrogen and oxygen atoms in total. The summed E-state index contributed by atoms with van der Waals surface area (Å²) in [4.78, 5) is 38.9. The first-order chi connectivity index (χ1) is 13.0.